The number of benzene rings is 2. The number of anilines is 2. The number of hydrogen-bond donors (Lipinski definition) is 9. The van der Waals surface area contributed by atoms with Gasteiger partial charge in [0.05, 0.1) is 35.5 Å². The van der Waals surface area contributed by atoms with Gasteiger partial charge in [0.2, 0.25) is 11.6 Å². The fourth-order valence-electron chi connectivity index (χ4n) is 10.5. The summed E-state index contributed by atoms with van der Waals surface area (Å²) < 4.78 is 0. The van der Waals surface area contributed by atoms with Gasteiger partial charge < -0.3 is 46.8 Å². The largest absolute Gasteiger partial charge is 0.507 e. The summed E-state index contributed by atoms with van der Waals surface area (Å²) in [5, 5.41) is 61.7. The Kier molecular flexibility index (Phi) is 12.7. The summed E-state index contributed by atoms with van der Waals surface area (Å²) in [4.78, 5) is 38.5. The second-order valence-electron chi connectivity index (χ2n) is 15.8. The summed E-state index contributed by atoms with van der Waals surface area (Å²) in [6, 6.07) is 5.74. The van der Waals surface area contributed by atoms with Gasteiger partial charge in [-0.1, -0.05) is 30.6 Å². The Morgan fingerprint density at radius 2 is 1.38 bits per heavy atom. The first-order valence-electron chi connectivity index (χ1n) is 20.0. The van der Waals surface area contributed by atoms with Gasteiger partial charge in [-0.05, 0) is 99.0 Å². The van der Waals surface area contributed by atoms with Crippen molar-refractivity contribution >= 4 is 28.7 Å². The van der Waals surface area contributed by atoms with Crippen LogP contribution in [0.2, 0.25) is 0 Å². The Balaban J connectivity index is 0.000000197. The molecule has 0 amide bonds. The van der Waals surface area contributed by atoms with Gasteiger partial charge in [0.25, 0.3) is 0 Å². The first-order chi connectivity index (χ1) is 27.0. The van der Waals surface area contributed by atoms with E-state index in [-0.39, 0.29) is 52.4 Å². The number of aliphatic hydroxyl groups is 3. The van der Waals surface area contributed by atoms with E-state index < -0.39 is 17.2 Å². The molecule has 0 spiro atoms. The molecular weight excluding hydrogens is 713 g/mol. The van der Waals surface area contributed by atoms with Crippen LogP contribution in [-0.4, -0.2) is 101 Å². The number of aromatic hydroxyl groups is 2. The van der Waals surface area contributed by atoms with Crippen LogP contribution in [0, 0.1) is 41.4 Å². The van der Waals surface area contributed by atoms with E-state index in [9.17, 15) is 29.7 Å². The topological polar surface area (TPSA) is 200 Å². The van der Waals surface area contributed by atoms with Crippen molar-refractivity contribution in [3.63, 3.8) is 0 Å². The van der Waals surface area contributed by atoms with E-state index in [1.807, 2.05) is 6.08 Å². The molecule has 3 saturated carbocycles. The molecule has 300 valence electrons. The summed E-state index contributed by atoms with van der Waals surface area (Å²) >= 11 is 0. The second-order valence-corrected chi connectivity index (χ2v) is 15.8. The molecule has 3 fully saturated rings. The van der Waals surface area contributed by atoms with Crippen LogP contribution in [-0.2, 0) is 4.79 Å². The van der Waals surface area contributed by atoms with E-state index in [1.54, 1.807) is 12.1 Å². The molecule has 2 aromatic rings. The van der Waals surface area contributed by atoms with Gasteiger partial charge in [-0.25, -0.2) is 0 Å². The molecule has 0 bridgehead atoms. The molecule has 12 nitrogen and oxygen atoms in total. The van der Waals surface area contributed by atoms with Crippen molar-refractivity contribution in [1.82, 2.24) is 10.6 Å². The second kappa shape index (κ2) is 17.3. The van der Waals surface area contributed by atoms with Gasteiger partial charge in [0, 0.05) is 62.5 Å². The summed E-state index contributed by atoms with van der Waals surface area (Å²) in [6.45, 7) is 9.46. The molecule has 12 heteroatoms. The van der Waals surface area contributed by atoms with Gasteiger partial charge >= 0.3 is 0 Å². The first kappa shape index (κ1) is 41.1. The Labute approximate surface area is 328 Å². The Morgan fingerprint density at radius 3 is 1.89 bits per heavy atom. The Bertz CT molecular complexity index is 1860. The smallest absolute Gasteiger partial charge is 0.200 e. The molecule has 0 radical (unpaired) electrons. The molecule has 0 unspecified atom stereocenters. The molecule has 0 saturated heterocycles. The number of phenols is 2. The van der Waals surface area contributed by atoms with Gasteiger partial charge in [0.15, 0.2) is 5.78 Å². The van der Waals surface area contributed by atoms with Crippen LogP contribution in [0.5, 0.6) is 11.5 Å². The fraction of sp³-hybridized carbons (Fsp3) is 0.523. The summed E-state index contributed by atoms with van der Waals surface area (Å²) in [6.07, 6.45) is 15.1. The lowest BCUT2D eigenvalue weighted by Gasteiger charge is -2.56. The monoisotopic (exact) mass is 768 g/mol. The third-order valence-electron chi connectivity index (χ3n) is 13.0. The third kappa shape index (κ3) is 7.39. The molecule has 0 aliphatic heterocycles. The Hall–Kier alpha value is -4.51. The summed E-state index contributed by atoms with van der Waals surface area (Å²) in [7, 11) is 0. The number of aliphatic hydroxyl groups excluding tert-OH is 2. The van der Waals surface area contributed by atoms with Crippen LogP contribution in [0.4, 0.5) is 11.4 Å². The molecule has 7 rings (SSSR count). The zero-order valence-electron chi connectivity index (χ0n) is 32.3. The number of carbonyl (C=O) groups is 3. The normalized spacial score (nSPS) is 27.4. The number of phenolic OH excluding ortho intramolecular Hbond substituents is 2. The van der Waals surface area contributed by atoms with Crippen LogP contribution in [0.15, 0.2) is 48.1 Å². The van der Waals surface area contributed by atoms with Crippen molar-refractivity contribution in [2.45, 2.75) is 63.9 Å². The Morgan fingerprint density at radius 1 is 0.804 bits per heavy atom. The zero-order valence-corrected chi connectivity index (χ0v) is 32.3. The highest BCUT2D eigenvalue weighted by atomic mass is 16.3. The number of fused-ring (bicyclic) bond motifs is 7. The molecule has 6 atom stereocenters. The minimum absolute atomic E-state index is 0.00939. The van der Waals surface area contributed by atoms with Crippen molar-refractivity contribution in [3.8, 4) is 23.8 Å². The van der Waals surface area contributed by atoms with Crippen molar-refractivity contribution in [2.75, 3.05) is 63.1 Å². The van der Waals surface area contributed by atoms with Crippen molar-refractivity contribution in [2.24, 2.45) is 29.1 Å². The fourth-order valence-corrected chi connectivity index (χ4v) is 10.5. The standard InChI is InChI=1S/C22H28N4O6.C22H28O2/c27-11-9-23-5-7-25-13-1-2-14(26-8-6-24-10-12-28)18-17(13)21(31)19-15(29)3-4-16(30)20(19)22(18)32;1-4-21-13-14(3)20-17-9-7-16(23)12-15(17)6-8-18(20)19(21)10-11-22(21,24)5-2/h1-4,23-30H,5-12H2;2,12,17-20,24H,3-4,6-11,13H2,1H3/t;17-,18-,19-,20+,21-,22-/m.0/s1. The number of rotatable bonds is 13. The summed E-state index contributed by atoms with van der Waals surface area (Å²) in [5.41, 5.74) is 2.16. The van der Waals surface area contributed by atoms with Crippen LogP contribution in [0.1, 0.15) is 90.1 Å². The molecule has 9 N–H and O–H groups in total. The third-order valence-corrected chi connectivity index (χ3v) is 13.0. The average molecular weight is 769 g/mol. The van der Waals surface area contributed by atoms with Gasteiger partial charge in [0.1, 0.15) is 17.1 Å². The first-order valence-corrected chi connectivity index (χ1v) is 20.0. The molecular formula is C44H56N4O8. The van der Waals surface area contributed by atoms with E-state index in [2.05, 4.69) is 40.7 Å². The van der Waals surface area contributed by atoms with Crippen LogP contribution in [0.3, 0.4) is 0 Å². The highest BCUT2D eigenvalue weighted by Crippen LogP contribution is 2.67. The van der Waals surface area contributed by atoms with E-state index >= 15 is 0 Å². The number of nitrogens with one attached hydrogen (secondary N) is 4. The SMILES string of the molecule is C#C[C@]1(O)CC[C@H]2[C@@H]3CCC4=CC(=O)CC[C@@H]4[C@H]3C(=C)C[C@@]21CC.O=C1c2c(O)ccc(O)c2C(=O)c2c(NCCNCCO)ccc(NCCNCCO)c21. The van der Waals surface area contributed by atoms with E-state index in [1.165, 1.54) is 23.3 Å². The maximum Gasteiger partial charge on any atom is 0.200 e. The average Bonchev–Trinajstić information content (AvgIpc) is 3.49. The van der Waals surface area contributed by atoms with Crippen LogP contribution < -0.4 is 21.3 Å². The molecule has 56 heavy (non-hydrogen) atoms. The predicted molar refractivity (Wildman–Crippen MR) is 215 cm³/mol. The maximum atomic E-state index is 13.4. The highest BCUT2D eigenvalue weighted by Gasteiger charge is 2.64. The van der Waals surface area contributed by atoms with E-state index in [4.69, 9.17) is 16.6 Å². The number of hydrogen-bond acceptors (Lipinski definition) is 12. The van der Waals surface area contributed by atoms with Crippen LogP contribution >= 0.6 is 0 Å². The van der Waals surface area contributed by atoms with E-state index in [0.717, 1.165) is 44.9 Å². The van der Waals surface area contributed by atoms with Gasteiger partial charge in [-0.3, -0.25) is 14.4 Å². The molecule has 0 aromatic heterocycles. The lowest BCUT2D eigenvalue weighted by atomic mass is 9.48. The maximum absolute atomic E-state index is 13.4. The number of allylic oxidation sites excluding steroid dienone is 2. The highest BCUT2D eigenvalue weighted by molar-refractivity contribution is 6.33. The molecule has 0 heterocycles. The van der Waals surface area contributed by atoms with Gasteiger partial charge in [-0.15, -0.1) is 6.42 Å². The molecule has 5 aliphatic rings. The summed E-state index contributed by atoms with van der Waals surface area (Å²) in [5.74, 6) is 3.27. The molecule has 2 aromatic carbocycles. The lowest BCUT2D eigenvalue weighted by molar-refractivity contribution is -0.116. The minimum atomic E-state index is -0.973. The van der Waals surface area contributed by atoms with Crippen molar-refractivity contribution in [3.05, 3.63) is 70.3 Å². The number of terminal acetylenes is 1. The van der Waals surface area contributed by atoms with Gasteiger partial charge in [-0.2, -0.15) is 0 Å². The minimum Gasteiger partial charge on any atom is -0.507 e. The van der Waals surface area contributed by atoms with E-state index in [0.29, 0.717) is 86.5 Å². The zero-order chi connectivity index (χ0) is 40.2. The predicted octanol–water partition coefficient (Wildman–Crippen LogP) is 3.91. The quantitative estimate of drug-likeness (QED) is 0.0527. The van der Waals surface area contributed by atoms with Crippen molar-refractivity contribution in [1.29, 1.82) is 0 Å². The lowest BCUT2D eigenvalue weighted by Crippen LogP contribution is -2.54. The number of ketones is 3. The number of carbonyl (C=O) groups excluding carboxylic acids is 3. The molecule has 5 aliphatic carbocycles. The van der Waals surface area contributed by atoms with Crippen LogP contribution in [0.25, 0.3) is 0 Å². The van der Waals surface area contributed by atoms with Crippen molar-refractivity contribution < 1.29 is 39.9 Å².